The molecule has 0 bridgehead atoms. The molecule has 1 unspecified atom stereocenters. The van der Waals surface area contributed by atoms with Crippen molar-refractivity contribution in [2.75, 3.05) is 13.1 Å². The third kappa shape index (κ3) is 3.46. The number of para-hydroxylation sites is 1. The predicted octanol–water partition coefficient (Wildman–Crippen LogP) is 1.94. The lowest BCUT2D eigenvalue weighted by molar-refractivity contribution is 0.257. The van der Waals surface area contributed by atoms with E-state index in [-0.39, 0.29) is 29.0 Å². The van der Waals surface area contributed by atoms with Gasteiger partial charge < -0.3 is 5.73 Å². The Hall–Kier alpha value is -1.48. The van der Waals surface area contributed by atoms with Gasteiger partial charge in [-0.25, -0.2) is 17.5 Å². The highest BCUT2D eigenvalue weighted by Crippen LogP contribution is 2.25. The molecule has 6 nitrogen and oxygen atoms in total. The van der Waals surface area contributed by atoms with Gasteiger partial charge >= 0.3 is 0 Å². The first-order chi connectivity index (χ1) is 11.0. The van der Waals surface area contributed by atoms with E-state index in [1.165, 1.54) is 27.4 Å². The van der Waals surface area contributed by atoms with Gasteiger partial charge in [0.05, 0.1) is 12.4 Å². The molecule has 0 aliphatic carbocycles. The van der Waals surface area contributed by atoms with Gasteiger partial charge in [0.25, 0.3) is 0 Å². The molecule has 0 amide bonds. The molecule has 9 heteroatoms. The van der Waals surface area contributed by atoms with Gasteiger partial charge in [0.15, 0.2) is 0 Å². The Bertz CT molecular complexity index is 796. The number of nitrogens with zero attached hydrogens (tertiary/aromatic N) is 3. The third-order valence-electron chi connectivity index (χ3n) is 4.11. The van der Waals surface area contributed by atoms with E-state index in [9.17, 15) is 12.8 Å². The van der Waals surface area contributed by atoms with E-state index in [1.54, 1.807) is 18.2 Å². The standard InChI is InChI=1S/C15H19FN4O2S.ClH/c16-14-6-1-2-7-15(14)19-11-13(10-18-19)23(21,22)20-8-4-3-5-12(20)9-17;/h1-2,6-7,10-12H,3-5,8-9,17H2;1H. The summed E-state index contributed by atoms with van der Waals surface area (Å²) in [7, 11) is -3.68. The summed E-state index contributed by atoms with van der Waals surface area (Å²) in [6.45, 7) is 0.746. The molecule has 1 fully saturated rings. The minimum Gasteiger partial charge on any atom is -0.329 e. The fourth-order valence-corrected chi connectivity index (χ4v) is 4.51. The number of benzene rings is 1. The fourth-order valence-electron chi connectivity index (χ4n) is 2.87. The lowest BCUT2D eigenvalue weighted by atomic mass is 10.1. The maximum atomic E-state index is 13.8. The zero-order valence-electron chi connectivity index (χ0n) is 13.0. The van der Waals surface area contributed by atoms with Gasteiger partial charge in [-0.3, -0.25) is 0 Å². The molecule has 2 aromatic rings. The highest BCUT2D eigenvalue weighted by Gasteiger charge is 2.33. The number of nitrogens with two attached hydrogens (primary N) is 1. The first kappa shape index (κ1) is 18.9. The Morgan fingerprint density at radius 1 is 1.29 bits per heavy atom. The number of hydrogen-bond donors (Lipinski definition) is 1. The molecule has 1 aliphatic heterocycles. The normalized spacial score (nSPS) is 19.0. The Morgan fingerprint density at radius 2 is 2.04 bits per heavy atom. The SMILES string of the molecule is Cl.NCC1CCCCN1S(=O)(=O)c1cnn(-c2ccccc2F)c1. The highest BCUT2D eigenvalue weighted by atomic mass is 35.5. The number of hydrogen-bond acceptors (Lipinski definition) is 4. The van der Waals surface area contributed by atoms with Crippen molar-refractivity contribution in [3.8, 4) is 5.69 Å². The van der Waals surface area contributed by atoms with Gasteiger partial charge in [-0.2, -0.15) is 9.40 Å². The number of aromatic nitrogens is 2. The van der Waals surface area contributed by atoms with Crippen LogP contribution in [-0.2, 0) is 10.0 Å². The molecule has 1 aromatic carbocycles. The third-order valence-corrected chi connectivity index (χ3v) is 6.01. The molecule has 2 heterocycles. The van der Waals surface area contributed by atoms with Crippen LogP contribution in [0.3, 0.4) is 0 Å². The molecule has 3 rings (SSSR count). The summed E-state index contributed by atoms with van der Waals surface area (Å²) in [5.41, 5.74) is 5.92. The van der Waals surface area contributed by atoms with Gasteiger partial charge in [-0.1, -0.05) is 18.6 Å². The minimum atomic E-state index is -3.68. The van der Waals surface area contributed by atoms with E-state index in [4.69, 9.17) is 5.73 Å². The van der Waals surface area contributed by atoms with Crippen molar-refractivity contribution in [3.63, 3.8) is 0 Å². The molecule has 24 heavy (non-hydrogen) atoms. The summed E-state index contributed by atoms with van der Waals surface area (Å²) in [4.78, 5) is 0.0566. The van der Waals surface area contributed by atoms with E-state index in [0.29, 0.717) is 13.1 Å². The second kappa shape index (κ2) is 7.60. The summed E-state index contributed by atoms with van der Waals surface area (Å²) in [6, 6.07) is 5.90. The molecular formula is C15H20ClFN4O2S. The highest BCUT2D eigenvalue weighted by molar-refractivity contribution is 7.89. The summed E-state index contributed by atoms with van der Waals surface area (Å²) in [5.74, 6) is -0.461. The average Bonchev–Trinajstić information content (AvgIpc) is 3.06. The van der Waals surface area contributed by atoms with Crippen LogP contribution >= 0.6 is 12.4 Å². The van der Waals surface area contributed by atoms with Crippen molar-refractivity contribution in [1.29, 1.82) is 0 Å². The monoisotopic (exact) mass is 374 g/mol. The lowest BCUT2D eigenvalue weighted by Gasteiger charge is -2.33. The molecule has 132 valence electrons. The van der Waals surface area contributed by atoms with Gasteiger partial charge in [0.1, 0.15) is 16.4 Å². The quantitative estimate of drug-likeness (QED) is 0.886. The zero-order chi connectivity index (χ0) is 16.4. The van der Waals surface area contributed by atoms with E-state index >= 15 is 0 Å². The summed E-state index contributed by atoms with van der Waals surface area (Å²) < 4.78 is 42.1. The molecule has 0 spiro atoms. The van der Waals surface area contributed by atoms with Crippen molar-refractivity contribution < 1.29 is 12.8 Å². The van der Waals surface area contributed by atoms with Crippen LogP contribution < -0.4 is 5.73 Å². The van der Waals surface area contributed by atoms with Crippen LogP contribution in [0.1, 0.15) is 19.3 Å². The van der Waals surface area contributed by atoms with Crippen molar-refractivity contribution in [2.45, 2.75) is 30.2 Å². The van der Waals surface area contributed by atoms with E-state index in [0.717, 1.165) is 19.3 Å². The van der Waals surface area contributed by atoms with Crippen molar-refractivity contribution in [1.82, 2.24) is 14.1 Å². The molecule has 0 saturated carbocycles. The number of sulfonamides is 1. The zero-order valence-corrected chi connectivity index (χ0v) is 14.6. The first-order valence-electron chi connectivity index (χ1n) is 7.55. The van der Waals surface area contributed by atoms with Crippen LogP contribution in [-0.4, -0.2) is 41.6 Å². The van der Waals surface area contributed by atoms with Gasteiger partial charge in [-0.05, 0) is 25.0 Å². The van der Waals surface area contributed by atoms with Crippen LogP contribution in [0, 0.1) is 5.82 Å². The number of halogens is 2. The van der Waals surface area contributed by atoms with Gasteiger partial charge in [0.2, 0.25) is 10.0 Å². The van der Waals surface area contributed by atoms with E-state index < -0.39 is 15.8 Å². The van der Waals surface area contributed by atoms with Gasteiger partial charge in [0, 0.05) is 19.1 Å². The summed E-state index contributed by atoms with van der Waals surface area (Å²) >= 11 is 0. The van der Waals surface area contributed by atoms with Crippen LogP contribution in [0.5, 0.6) is 0 Å². The summed E-state index contributed by atoms with van der Waals surface area (Å²) in [5, 5.41) is 4.00. The molecule has 1 aliphatic rings. The Balaban J connectivity index is 0.00000208. The first-order valence-corrected chi connectivity index (χ1v) is 8.99. The van der Waals surface area contributed by atoms with Crippen LogP contribution in [0.25, 0.3) is 5.69 Å². The molecule has 0 radical (unpaired) electrons. The Labute approximate surface area is 146 Å². The Kier molecular flexibility index (Phi) is 5.97. The van der Waals surface area contributed by atoms with E-state index in [1.807, 2.05) is 0 Å². The Morgan fingerprint density at radius 3 is 2.75 bits per heavy atom. The molecule has 1 atom stereocenters. The van der Waals surface area contributed by atoms with Crippen LogP contribution in [0.15, 0.2) is 41.6 Å². The van der Waals surface area contributed by atoms with Crippen LogP contribution in [0.2, 0.25) is 0 Å². The van der Waals surface area contributed by atoms with Crippen LogP contribution in [0.4, 0.5) is 4.39 Å². The molecule has 1 saturated heterocycles. The largest absolute Gasteiger partial charge is 0.329 e. The second-order valence-electron chi connectivity index (χ2n) is 5.57. The number of piperidine rings is 1. The molecule has 1 aromatic heterocycles. The predicted molar refractivity (Wildman–Crippen MR) is 91.4 cm³/mol. The average molecular weight is 375 g/mol. The van der Waals surface area contributed by atoms with Gasteiger partial charge in [-0.15, -0.1) is 12.4 Å². The fraction of sp³-hybridized carbons (Fsp3) is 0.400. The van der Waals surface area contributed by atoms with Crippen molar-refractivity contribution >= 4 is 22.4 Å². The maximum Gasteiger partial charge on any atom is 0.246 e. The molecular weight excluding hydrogens is 355 g/mol. The second-order valence-corrected chi connectivity index (χ2v) is 7.46. The topological polar surface area (TPSA) is 81.2 Å². The van der Waals surface area contributed by atoms with Crippen molar-refractivity contribution in [3.05, 3.63) is 42.5 Å². The number of rotatable bonds is 4. The smallest absolute Gasteiger partial charge is 0.246 e. The minimum absolute atomic E-state index is 0. The summed E-state index contributed by atoms with van der Waals surface area (Å²) in [6.07, 6.45) is 5.15. The maximum absolute atomic E-state index is 13.8. The van der Waals surface area contributed by atoms with Crippen molar-refractivity contribution in [2.24, 2.45) is 5.73 Å². The van der Waals surface area contributed by atoms with E-state index in [2.05, 4.69) is 5.10 Å². The molecule has 2 N–H and O–H groups in total. The lowest BCUT2D eigenvalue weighted by Crippen LogP contribution is -2.47.